The third-order valence-corrected chi connectivity index (χ3v) is 3.15. The number of rotatable bonds is 4. The number of hydrogen-bond acceptors (Lipinski definition) is 4. The summed E-state index contributed by atoms with van der Waals surface area (Å²) in [5.74, 6) is 1.04. The normalized spacial score (nSPS) is 10.2. The van der Waals surface area contributed by atoms with E-state index < -0.39 is 0 Å². The lowest BCUT2D eigenvalue weighted by molar-refractivity contribution is 0.103. The van der Waals surface area contributed by atoms with Gasteiger partial charge in [0.05, 0.1) is 19.8 Å². The lowest BCUT2D eigenvalue weighted by atomic mass is 9.98. The third-order valence-electron chi connectivity index (χ3n) is 3.15. The zero-order valence-corrected chi connectivity index (χ0v) is 11.8. The van der Waals surface area contributed by atoms with Crippen LogP contribution in [0.3, 0.4) is 0 Å². The number of nitrogen functional groups attached to an aromatic ring is 1. The minimum Gasteiger partial charge on any atom is -0.497 e. The predicted molar refractivity (Wildman–Crippen MR) is 78.6 cm³/mol. The summed E-state index contributed by atoms with van der Waals surface area (Å²) in [5, 5.41) is 0. The summed E-state index contributed by atoms with van der Waals surface area (Å²) in [5.41, 5.74) is 8.30. The molecule has 4 heteroatoms. The molecule has 0 saturated carbocycles. The summed E-state index contributed by atoms with van der Waals surface area (Å²) < 4.78 is 10.4. The van der Waals surface area contributed by atoms with Gasteiger partial charge in [0.25, 0.3) is 0 Å². The van der Waals surface area contributed by atoms with Crippen LogP contribution in [-0.2, 0) is 0 Å². The molecule has 0 heterocycles. The smallest absolute Gasteiger partial charge is 0.197 e. The second-order valence-electron chi connectivity index (χ2n) is 4.47. The summed E-state index contributed by atoms with van der Waals surface area (Å²) >= 11 is 0. The van der Waals surface area contributed by atoms with Crippen LogP contribution in [0, 0.1) is 6.92 Å². The van der Waals surface area contributed by atoms with Gasteiger partial charge in [-0.15, -0.1) is 0 Å². The molecule has 0 spiro atoms. The van der Waals surface area contributed by atoms with Crippen LogP contribution in [-0.4, -0.2) is 20.0 Å². The van der Waals surface area contributed by atoms with Crippen molar-refractivity contribution in [3.05, 3.63) is 53.1 Å². The van der Waals surface area contributed by atoms with E-state index in [-0.39, 0.29) is 5.78 Å². The molecule has 0 radical (unpaired) electrons. The average Bonchev–Trinajstić information content (AvgIpc) is 2.46. The highest BCUT2D eigenvalue weighted by atomic mass is 16.5. The Labute approximate surface area is 118 Å². The van der Waals surface area contributed by atoms with Gasteiger partial charge in [-0.05, 0) is 42.8 Å². The molecule has 0 aromatic heterocycles. The van der Waals surface area contributed by atoms with Crippen molar-refractivity contribution in [3.8, 4) is 11.5 Å². The molecular formula is C16H17NO3. The van der Waals surface area contributed by atoms with Crippen LogP contribution in [0.15, 0.2) is 36.4 Å². The van der Waals surface area contributed by atoms with E-state index in [0.717, 1.165) is 5.56 Å². The maximum atomic E-state index is 12.6. The molecule has 0 aliphatic heterocycles. The lowest BCUT2D eigenvalue weighted by Crippen LogP contribution is -2.06. The quantitative estimate of drug-likeness (QED) is 0.686. The van der Waals surface area contributed by atoms with E-state index in [0.29, 0.717) is 28.3 Å². The van der Waals surface area contributed by atoms with Gasteiger partial charge in [0.2, 0.25) is 0 Å². The van der Waals surface area contributed by atoms with Gasteiger partial charge >= 0.3 is 0 Å². The Balaban J connectivity index is 2.47. The molecule has 0 aliphatic rings. The monoisotopic (exact) mass is 271 g/mol. The molecule has 2 rings (SSSR count). The minimum absolute atomic E-state index is 0.0954. The Morgan fingerprint density at radius 3 is 2.30 bits per heavy atom. The van der Waals surface area contributed by atoms with E-state index in [1.165, 1.54) is 7.11 Å². The molecule has 2 N–H and O–H groups in total. The fourth-order valence-corrected chi connectivity index (χ4v) is 2.07. The van der Waals surface area contributed by atoms with Gasteiger partial charge in [0, 0.05) is 17.3 Å². The standard InChI is InChI=1S/C16H17NO3/c1-10-8-11(17)4-6-13(10)16(18)14-7-5-12(19-2)9-15(14)20-3/h4-9H,17H2,1-3H3. The van der Waals surface area contributed by atoms with Crippen molar-refractivity contribution >= 4 is 11.5 Å². The first-order valence-corrected chi connectivity index (χ1v) is 6.19. The van der Waals surface area contributed by atoms with Crippen molar-refractivity contribution in [2.75, 3.05) is 20.0 Å². The number of hydrogen-bond donors (Lipinski definition) is 1. The molecule has 104 valence electrons. The van der Waals surface area contributed by atoms with Crippen molar-refractivity contribution in [1.29, 1.82) is 0 Å². The second kappa shape index (κ2) is 5.65. The number of aryl methyl sites for hydroxylation is 1. The van der Waals surface area contributed by atoms with Crippen molar-refractivity contribution in [1.82, 2.24) is 0 Å². The van der Waals surface area contributed by atoms with Gasteiger partial charge in [-0.2, -0.15) is 0 Å². The zero-order chi connectivity index (χ0) is 14.7. The number of benzene rings is 2. The minimum atomic E-state index is -0.0954. The van der Waals surface area contributed by atoms with E-state index in [1.54, 1.807) is 43.5 Å². The molecule has 0 unspecified atom stereocenters. The number of carbonyl (C=O) groups is 1. The van der Waals surface area contributed by atoms with Gasteiger partial charge in [0.15, 0.2) is 5.78 Å². The summed E-state index contributed by atoms with van der Waals surface area (Å²) in [6, 6.07) is 10.4. The van der Waals surface area contributed by atoms with E-state index >= 15 is 0 Å². The summed E-state index contributed by atoms with van der Waals surface area (Å²) in [6.45, 7) is 1.86. The molecule has 2 aromatic rings. The third kappa shape index (κ3) is 2.59. The highest BCUT2D eigenvalue weighted by molar-refractivity contribution is 6.11. The van der Waals surface area contributed by atoms with Crippen LogP contribution >= 0.6 is 0 Å². The molecule has 2 aromatic carbocycles. The Bertz CT molecular complexity index is 650. The molecule has 0 atom stereocenters. The first-order chi connectivity index (χ1) is 9.56. The summed E-state index contributed by atoms with van der Waals surface area (Å²) in [7, 11) is 3.10. The molecule has 0 bridgehead atoms. The predicted octanol–water partition coefficient (Wildman–Crippen LogP) is 2.83. The molecule has 0 aliphatic carbocycles. The summed E-state index contributed by atoms with van der Waals surface area (Å²) in [4.78, 5) is 12.6. The van der Waals surface area contributed by atoms with Gasteiger partial charge in [-0.1, -0.05) is 0 Å². The van der Waals surface area contributed by atoms with E-state index in [9.17, 15) is 4.79 Å². The van der Waals surface area contributed by atoms with Crippen molar-refractivity contribution in [2.45, 2.75) is 6.92 Å². The Morgan fingerprint density at radius 2 is 1.70 bits per heavy atom. The van der Waals surface area contributed by atoms with E-state index in [2.05, 4.69) is 0 Å². The zero-order valence-electron chi connectivity index (χ0n) is 11.8. The molecule has 0 saturated heterocycles. The molecule has 20 heavy (non-hydrogen) atoms. The SMILES string of the molecule is COc1ccc(C(=O)c2ccc(N)cc2C)c(OC)c1. The lowest BCUT2D eigenvalue weighted by Gasteiger charge is -2.11. The first kappa shape index (κ1) is 13.9. The molecule has 4 nitrogen and oxygen atoms in total. The molecule has 0 fully saturated rings. The number of ketones is 1. The van der Waals surface area contributed by atoms with Gasteiger partial charge in [0.1, 0.15) is 11.5 Å². The number of nitrogens with two attached hydrogens (primary N) is 1. The highest BCUT2D eigenvalue weighted by Crippen LogP contribution is 2.27. The average molecular weight is 271 g/mol. The van der Waals surface area contributed by atoms with Crippen LogP contribution in [0.4, 0.5) is 5.69 Å². The fourth-order valence-electron chi connectivity index (χ4n) is 2.07. The van der Waals surface area contributed by atoms with E-state index in [4.69, 9.17) is 15.2 Å². The van der Waals surface area contributed by atoms with Crippen LogP contribution in [0.25, 0.3) is 0 Å². The second-order valence-corrected chi connectivity index (χ2v) is 4.47. The van der Waals surface area contributed by atoms with Gasteiger partial charge < -0.3 is 15.2 Å². The number of anilines is 1. The maximum Gasteiger partial charge on any atom is 0.197 e. The number of methoxy groups -OCH3 is 2. The first-order valence-electron chi connectivity index (χ1n) is 6.19. The van der Waals surface area contributed by atoms with Gasteiger partial charge in [-0.3, -0.25) is 4.79 Å². The van der Waals surface area contributed by atoms with E-state index in [1.807, 2.05) is 6.92 Å². The van der Waals surface area contributed by atoms with Crippen molar-refractivity contribution < 1.29 is 14.3 Å². The van der Waals surface area contributed by atoms with Crippen LogP contribution in [0.2, 0.25) is 0 Å². The molecular weight excluding hydrogens is 254 g/mol. The number of ether oxygens (including phenoxy) is 2. The fraction of sp³-hybridized carbons (Fsp3) is 0.188. The Kier molecular flexibility index (Phi) is 3.94. The summed E-state index contributed by atoms with van der Waals surface area (Å²) in [6.07, 6.45) is 0. The Morgan fingerprint density at radius 1 is 1.00 bits per heavy atom. The largest absolute Gasteiger partial charge is 0.497 e. The van der Waals surface area contributed by atoms with Crippen molar-refractivity contribution in [3.63, 3.8) is 0 Å². The van der Waals surface area contributed by atoms with Crippen LogP contribution < -0.4 is 15.2 Å². The van der Waals surface area contributed by atoms with Crippen LogP contribution in [0.5, 0.6) is 11.5 Å². The Hall–Kier alpha value is -2.49. The molecule has 0 amide bonds. The maximum absolute atomic E-state index is 12.6. The van der Waals surface area contributed by atoms with Crippen LogP contribution in [0.1, 0.15) is 21.5 Å². The van der Waals surface area contributed by atoms with Gasteiger partial charge in [-0.25, -0.2) is 0 Å². The van der Waals surface area contributed by atoms with Crippen molar-refractivity contribution in [2.24, 2.45) is 0 Å². The number of carbonyl (C=O) groups excluding carboxylic acids is 1. The highest BCUT2D eigenvalue weighted by Gasteiger charge is 2.17. The topological polar surface area (TPSA) is 61.5 Å².